The number of alkyl halides is 2. The first-order valence-corrected chi connectivity index (χ1v) is 10.7. The van der Waals surface area contributed by atoms with Crippen molar-refractivity contribution in [2.45, 2.75) is 5.92 Å². The van der Waals surface area contributed by atoms with Crippen LogP contribution in [0.25, 0.3) is 11.2 Å². The number of nitrogens with zero attached hydrogens (tertiary/aromatic N) is 5. The zero-order chi connectivity index (χ0) is 26.2. The van der Waals surface area contributed by atoms with E-state index in [2.05, 4.69) is 37.3 Å². The molecule has 0 spiro atoms. The predicted molar refractivity (Wildman–Crippen MR) is 127 cm³/mol. The van der Waals surface area contributed by atoms with Crippen LogP contribution in [-0.4, -0.2) is 44.9 Å². The Morgan fingerprint density at radius 1 is 1.22 bits per heavy atom. The number of amides is 1. The fraction of sp³-hybridized carbons (Fsp3) is 0.190. The number of benzene rings is 1. The molecule has 0 aliphatic rings. The number of oxazole rings is 1. The van der Waals surface area contributed by atoms with Crippen molar-refractivity contribution >= 4 is 57.8 Å². The molecule has 11 nitrogen and oxygen atoms in total. The lowest BCUT2D eigenvalue weighted by Gasteiger charge is -2.19. The minimum Gasteiger partial charge on any atom is -0.495 e. The molecule has 3 heterocycles. The van der Waals surface area contributed by atoms with Crippen molar-refractivity contribution in [1.29, 1.82) is 0 Å². The molecule has 0 radical (unpaired) electrons. The maximum Gasteiger partial charge on any atom is 0.350 e. The molecule has 1 aromatic carbocycles. The second-order valence-corrected chi connectivity index (χ2v) is 7.90. The summed E-state index contributed by atoms with van der Waals surface area (Å²) in [6.45, 7) is 3.39. The molecule has 0 saturated heterocycles. The molecule has 15 heteroatoms. The van der Waals surface area contributed by atoms with Gasteiger partial charge < -0.3 is 24.5 Å². The van der Waals surface area contributed by atoms with Crippen LogP contribution >= 0.6 is 23.2 Å². The van der Waals surface area contributed by atoms with Gasteiger partial charge in [-0.15, -0.1) is 0 Å². The molecule has 36 heavy (non-hydrogen) atoms. The summed E-state index contributed by atoms with van der Waals surface area (Å²) in [6, 6.07) is 1.28. The van der Waals surface area contributed by atoms with E-state index in [1.807, 2.05) is 0 Å². The van der Waals surface area contributed by atoms with Gasteiger partial charge in [0.2, 0.25) is 17.5 Å². The summed E-state index contributed by atoms with van der Waals surface area (Å²) < 4.78 is 48.0. The monoisotopic (exact) mass is 539 g/mol. The average Bonchev–Trinajstić information content (AvgIpc) is 3.42. The van der Waals surface area contributed by atoms with E-state index in [9.17, 15) is 4.79 Å². The Bertz CT molecular complexity index is 1460. The zero-order valence-electron chi connectivity index (χ0n) is 18.9. The zero-order valence-corrected chi connectivity index (χ0v) is 20.4. The number of ether oxygens (including phenoxy) is 2. The van der Waals surface area contributed by atoms with E-state index in [4.69, 9.17) is 37.1 Å². The lowest BCUT2D eigenvalue weighted by Crippen LogP contribution is -2.18. The number of aromatic nitrogens is 5. The Labute approximate surface area is 212 Å². The van der Waals surface area contributed by atoms with Crippen LogP contribution in [0.1, 0.15) is 11.5 Å². The molecule has 0 atom stereocenters. The first-order chi connectivity index (χ1) is 17.1. The van der Waals surface area contributed by atoms with Crippen molar-refractivity contribution in [2.24, 2.45) is 7.05 Å². The van der Waals surface area contributed by atoms with E-state index >= 15 is 8.78 Å². The number of carbonyl (C=O) groups is 1. The second kappa shape index (κ2) is 9.59. The van der Waals surface area contributed by atoms with Crippen molar-refractivity contribution in [2.75, 3.05) is 24.9 Å². The molecular weight excluding hydrogens is 523 g/mol. The van der Waals surface area contributed by atoms with Crippen molar-refractivity contribution < 1.29 is 27.5 Å². The fourth-order valence-corrected chi connectivity index (χ4v) is 3.90. The highest BCUT2D eigenvalue weighted by atomic mass is 35.5. The van der Waals surface area contributed by atoms with Crippen LogP contribution in [0.15, 0.2) is 35.5 Å². The molecule has 4 rings (SSSR count). The second-order valence-electron chi connectivity index (χ2n) is 7.14. The summed E-state index contributed by atoms with van der Waals surface area (Å²) in [5, 5.41) is 8.66. The van der Waals surface area contributed by atoms with Gasteiger partial charge in [0.05, 0.1) is 42.2 Å². The highest BCUT2D eigenvalue weighted by Crippen LogP contribution is 2.50. The third kappa shape index (κ3) is 4.50. The molecule has 1 amide bonds. The lowest BCUT2D eigenvalue weighted by molar-refractivity contribution is -0.111. The van der Waals surface area contributed by atoms with Gasteiger partial charge in [0.1, 0.15) is 17.2 Å². The number of halogens is 4. The Hall–Kier alpha value is -3.97. The Balaban J connectivity index is 1.72. The van der Waals surface area contributed by atoms with Gasteiger partial charge in [-0.3, -0.25) is 9.48 Å². The largest absolute Gasteiger partial charge is 0.495 e. The molecule has 0 bridgehead atoms. The Morgan fingerprint density at radius 2 is 1.89 bits per heavy atom. The van der Waals surface area contributed by atoms with Crippen LogP contribution in [0, 0.1) is 0 Å². The third-order valence-corrected chi connectivity index (χ3v) is 5.56. The SMILES string of the molecule is C=CC(=O)Nc1cn(C)nc1Nc1ncc2oc(C(F)(F)c3c(Cl)c(OC)cc(OC)c3Cl)nc2n1. The van der Waals surface area contributed by atoms with Gasteiger partial charge >= 0.3 is 5.92 Å². The van der Waals surface area contributed by atoms with E-state index in [0.29, 0.717) is 5.69 Å². The number of nitrogens with one attached hydrogen (secondary N) is 2. The molecule has 0 fully saturated rings. The number of rotatable bonds is 8. The van der Waals surface area contributed by atoms with Gasteiger partial charge in [0, 0.05) is 13.1 Å². The summed E-state index contributed by atoms with van der Waals surface area (Å²) in [5.41, 5.74) is -0.805. The molecule has 2 N–H and O–H groups in total. The molecule has 0 unspecified atom stereocenters. The number of aryl methyl sites for hydroxylation is 1. The fourth-order valence-electron chi connectivity index (χ4n) is 3.16. The van der Waals surface area contributed by atoms with Gasteiger partial charge in [-0.2, -0.15) is 23.8 Å². The third-order valence-electron chi connectivity index (χ3n) is 4.81. The summed E-state index contributed by atoms with van der Waals surface area (Å²) >= 11 is 12.3. The number of hydrogen-bond donors (Lipinski definition) is 2. The number of hydrogen-bond acceptors (Lipinski definition) is 9. The summed E-state index contributed by atoms with van der Waals surface area (Å²) in [7, 11) is 4.15. The van der Waals surface area contributed by atoms with Crippen molar-refractivity contribution in [3.05, 3.63) is 52.6 Å². The number of carbonyl (C=O) groups excluding carboxylic acids is 1. The van der Waals surface area contributed by atoms with Gasteiger partial charge in [-0.25, -0.2) is 4.98 Å². The van der Waals surface area contributed by atoms with E-state index in [1.54, 1.807) is 7.05 Å². The molecule has 0 aliphatic carbocycles. The van der Waals surface area contributed by atoms with Crippen LogP contribution in [0.5, 0.6) is 11.5 Å². The van der Waals surface area contributed by atoms with Crippen molar-refractivity contribution in [3.63, 3.8) is 0 Å². The Morgan fingerprint density at radius 3 is 2.50 bits per heavy atom. The Kier molecular flexibility index (Phi) is 6.69. The van der Waals surface area contributed by atoms with Gasteiger partial charge in [-0.05, 0) is 6.08 Å². The molecule has 188 valence electrons. The van der Waals surface area contributed by atoms with Gasteiger partial charge in [-0.1, -0.05) is 29.8 Å². The van der Waals surface area contributed by atoms with E-state index in [-0.39, 0.29) is 34.5 Å². The lowest BCUT2D eigenvalue weighted by atomic mass is 10.1. The minimum atomic E-state index is -3.90. The smallest absolute Gasteiger partial charge is 0.350 e. The average molecular weight is 540 g/mol. The molecular formula is C21H17Cl2F2N7O4. The quantitative estimate of drug-likeness (QED) is 0.306. The predicted octanol–water partition coefficient (Wildman–Crippen LogP) is 4.68. The van der Waals surface area contributed by atoms with Crippen LogP contribution in [0.2, 0.25) is 10.0 Å². The van der Waals surface area contributed by atoms with Crippen LogP contribution in [0.3, 0.4) is 0 Å². The van der Waals surface area contributed by atoms with Crippen molar-refractivity contribution in [3.8, 4) is 11.5 Å². The topological polar surface area (TPSA) is 129 Å². The van der Waals surface area contributed by atoms with Gasteiger partial charge in [0.15, 0.2) is 11.4 Å². The molecule has 0 aliphatic heterocycles. The molecule has 4 aromatic rings. The van der Waals surface area contributed by atoms with Crippen LogP contribution < -0.4 is 20.1 Å². The van der Waals surface area contributed by atoms with Crippen LogP contribution in [-0.2, 0) is 17.8 Å². The summed E-state index contributed by atoms with van der Waals surface area (Å²) in [4.78, 5) is 23.6. The molecule has 3 aromatic heterocycles. The number of methoxy groups -OCH3 is 2. The van der Waals surface area contributed by atoms with E-state index < -0.39 is 33.3 Å². The molecule has 0 saturated carbocycles. The highest BCUT2D eigenvalue weighted by molar-refractivity contribution is 6.38. The van der Waals surface area contributed by atoms with Gasteiger partial charge in [0.25, 0.3) is 5.89 Å². The summed E-state index contributed by atoms with van der Waals surface area (Å²) in [5.74, 6) is -5.39. The minimum absolute atomic E-state index is 0.0439. The summed E-state index contributed by atoms with van der Waals surface area (Å²) in [6.07, 6.45) is 3.78. The first kappa shape index (κ1) is 25.1. The number of fused-ring (bicyclic) bond motifs is 1. The van der Waals surface area contributed by atoms with E-state index in [0.717, 1.165) is 12.3 Å². The first-order valence-electron chi connectivity index (χ1n) is 9.95. The van der Waals surface area contributed by atoms with Crippen molar-refractivity contribution in [1.82, 2.24) is 24.7 Å². The van der Waals surface area contributed by atoms with Crippen LogP contribution in [0.4, 0.5) is 26.2 Å². The highest BCUT2D eigenvalue weighted by Gasteiger charge is 2.45. The number of anilines is 3. The normalized spacial score (nSPS) is 11.4. The van der Waals surface area contributed by atoms with E-state index in [1.165, 1.54) is 31.2 Å². The standard InChI is InChI=1S/C21H17Cl2F2N7O4/c1-5-13(33)27-9-8-32(2)31-17(9)29-20-26-7-12-18(30-20)28-19(36-12)21(24,25)14-15(22)10(34-3)6-11(35-4)16(14)23/h5-8H,1H2,2-4H3,(H,27,33)(H,26,29,30,31). The maximum atomic E-state index is 15.6. The maximum absolute atomic E-state index is 15.6.